The van der Waals surface area contributed by atoms with Crippen LogP contribution in [0.3, 0.4) is 0 Å². The second-order valence-electron chi connectivity index (χ2n) is 5.89. The Kier molecular flexibility index (Phi) is 5.69. The fourth-order valence-corrected chi connectivity index (χ4v) is 2.90. The van der Waals surface area contributed by atoms with Crippen molar-refractivity contribution >= 4 is 17.4 Å². The summed E-state index contributed by atoms with van der Waals surface area (Å²) < 4.78 is 0. The number of Topliss-reactive ketones (excluding diaryl/α,β-unsaturated/α-hetero) is 1. The Balaban J connectivity index is 2.04. The van der Waals surface area contributed by atoms with Gasteiger partial charge in [-0.3, -0.25) is 14.5 Å². The molecular formula is C17H25N3O2. The van der Waals surface area contributed by atoms with E-state index in [0.29, 0.717) is 17.3 Å². The van der Waals surface area contributed by atoms with Gasteiger partial charge in [-0.1, -0.05) is 12.1 Å². The van der Waals surface area contributed by atoms with Gasteiger partial charge < -0.3 is 10.6 Å². The summed E-state index contributed by atoms with van der Waals surface area (Å²) in [7, 11) is 1.96. The van der Waals surface area contributed by atoms with E-state index >= 15 is 0 Å². The molecule has 0 bridgehead atoms. The summed E-state index contributed by atoms with van der Waals surface area (Å²) >= 11 is 0. The minimum absolute atomic E-state index is 0.0447. The van der Waals surface area contributed by atoms with Crippen LogP contribution in [-0.4, -0.2) is 48.8 Å². The third-order valence-corrected chi connectivity index (χ3v) is 4.35. The summed E-state index contributed by atoms with van der Waals surface area (Å²) in [6, 6.07) is 7.36. The number of nitrogens with one attached hydrogen (secondary N) is 2. The molecule has 0 aliphatic carbocycles. The first-order chi connectivity index (χ1) is 10.5. The number of hydrogen-bond acceptors (Lipinski definition) is 4. The summed E-state index contributed by atoms with van der Waals surface area (Å²) in [4.78, 5) is 26.3. The van der Waals surface area contributed by atoms with Crippen LogP contribution in [0, 0.1) is 0 Å². The van der Waals surface area contributed by atoms with Crippen LogP contribution in [-0.2, 0) is 4.79 Å². The van der Waals surface area contributed by atoms with Gasteiger partial charge in [0.25, 0.3) is 0 Å². The van der Waals surface area contributed by atoms with Crippen molar-refractivity contribution in [2.75, 3.05) is 25.5 Å². The highest BCUT2D eigenvalue weighted by molar-refractivity contribution is 6.04. The lowest BCUT2D eigenvalue weighted by Gasteiger charge is -2.36. The number of para-hydroxylation sites is 1. The summed E-state index contributed by atoms with van der Waals surface area (Å²) in [6.07, 6.45) is 2.24. The maximum absolute atomic E-state index is 12.5. The van der Waals surface area contributed by atoms with Crippen molar-refractivity contribution in [1.82, 2.24) is 10.2 Å². The van der Waals surface area contributed by atoms with Crippen molar-refractivity contribution in [3.05, 3.63) is 29.8 Å². The molecule has 0 aromatic heterocycles. The highest BCUT2D eigenvalue weighted by Gasteiger charge is 2.27. The van der Waals surface area contributed by atoms with Gasteiger partial charge in [0.1, 0.15) is 0 Å². The van der Waals surface area contributed by atoms with Crippen molar-refractivity contribution in [3.8, 4) is 0 Å². The Morgan fingerprint density at radius 1 is 1.32 bits per heavy atom. The fraction of sp³-hybridized carbons (Fsp3) is 0.529. The third-order valence-electron chi connectivity index (χ3n) is 4.35. The number of piperidine rings is 1. The van der Waals surface area contributed by atoms with E-state index in [-0.39, 0.29) is 17.7 Å². The molecule has 0 saturated carbocycles. The normalized spacial score (nSPS) is 20.4. The number of likely N-dealkylation sites (N-methyl/N-ethyl adjacent to an activating group) is 1. The lowest BCUT2D eigenvalue weighted by Crippen LogP contribution is -2.51. The molecule has 1 aliphatic heterocycles. The number of nitrogens with zero attached hydrogens (tertiary/aromatic N) is 1. The number of hydrogen-bond donors (Lipinski definition) is 2. The van der Waals surface area contributed by atoms with Crippen LogP contribution in [0.5, 0.6) is 0 Å². The van der Waals surface area contributed by atoms with Crippen LogP contribution in [0.2, 0.25) is 0 Å². The molecule has 1 aromatic carbocycles. The molecule has 0 spiro atoms. The number of anilines is 1. The van der Waals surface area contributed by atoms with Crippen molar-refractivity contribution in [1.29, 1.82) is 0 Å². The summed E-state index contributed by atoms with van der Waals surface area (Å²) in [5.41, 5.74) is 1.14. The van der Waals surface area contributed by atoms with Gasteiger partial charge in [0.2, 0.25) is 5.91 Å². The molecule has 5 heteroatoms. The summed E-state index contributed by atoms with van der Waals surface area (Å²) in [5, 5.41) is 6.18. The van der Waals surface area contributed by atoms with Gasteiger partial charge in [-0.15, -0.1) is 0 Å². The van der Waals surface area contributed by atoms with Gasteiger partial charge in [-0.05, 0) is 52.4 Å². The minimum Gasteiger partial charge on any atom is -0.324 e. The van der Waals surface area contributed by atoms with E-state index < -0.39 is 0 Å². The molecule has 120 valence electrons. The lowest BCUT2D eigenvalue weighted by atomic mass is 10.0. The number of rotatable bonds is 5. The first-order valence-corrected chi connectivity index (χ1v) is 7.85. The van der Waals surface area contributed by atoms with Crippen molar-refractivity contribution in [2.24, 2.45) is 0 Å². The van der Waals surface area contributed by atoms with E-state index in [1.165, 1.54) is 6.92 Å². The van der Waals surface area contributed by atoms with E-state index in [9.17, 15) is 9.59 Å². The average Bonchev–Trinajstić information content (AvgIpc) is 2.54. The number of benzene rings is 1. The van der Waals surface area contributed by atoms with Gasteiger partial charge in [0, 0.05) is 18.2 Å². The molecule has 1 heterocycles. The van der Waals surface area contributed by atoms with Crippen molar-refractivity contribution in [3.63, 3.8) is 0 Å². The number of amides is 1. The first kappa shape index (κ1) is 16.6. The van der Waals surface area contributed by atoms with E-state index in [0.717, 1.165) is 25.9 Å². The zero-order chi connectivity index (χ0) is 16.1. The van der Waals surface area contributed by atoms with Crippen LogP contribution in [0.1, 0.15) is 37.0 Å². The molecule has 2 unspecified atom stereocenters. The molecule has 0 radical (unpaired) electrons. The van der Waals surface area contributed by atoms with Crippen LogP contribution >= 0.6 is 0 Å². The number of carbonyl (C=O) groups excluding carboxylic acids is 2. The molecule has 1 saturated heterocycles. The zero-order valence-electron chi connectivity index (χ0n) is 13.6. The van der Waals surface area contributed by atoms with Gasteiger partial charge in [0.15, 0.2) is 5.78 Å². The highest BCUT2D eigenvalue weighted by atomic mass is 16.2. The first-order valence-electron chi connectivity index (χ1n) is 7.85. The van der Waals surface area contributed by atoms with E-state index in [1.807, 2.05) is 20.0 Å². The lowest BCUT2D eigenvalue weighted by molar-refractivity contribution is -0.121. The zero-order valence-corrected chi connectivity index (χ0v) is 13.6. The van der Waals surface area contributed by atoms with Gasteiger partial charge in [-0.25, -0.2) is 0 Å². The molecule has 1 aliphatic rings. The predicted octanol–water partition coefficient (Wildman–Crippen LogP) is 1.90. The second kappa shape index (κ2) is 7.51. The molecule has 1 amide bonds. The van der Waals surface area contributed by atoms with E-state index in [4.69, 9.17) is 0 Å². The highest BCUT2D eigenvalue weighted by Crippen LogP contribution is 2.18. The van der Waals surface area contributed by atoms with Crippen LogP contribution in [0.25, 0.3) is 0 Å². The third kappa shape index (κ3) is 3.93. The maximum atomic E-state index is 12.5. The topological polar surface area (TPSA) is 61.4 Å². The molecule has 2 N–H and O–H groups in total. The molecule has 2 atom stereocenters. The van der Waals surface area contributed by atoms with E-state index in [2.05, 4.69) is 15.5 Å². The molecule has 2 rings (SSSR count). The average molecular weight is 303 g/mol. The number of likely N-dealkylation sites (tertiary alicyclic amines) is 1. The Hall–Kier alpha value is -1.72. The van der Waals surface area contributed by atoms with Gasteiger partial charge in [0.05, 0.1) is 11.7 Å². The molecule has 1 aromatic rings. The Morgan fingerprint density at radius 2 is 2.05 bits per heavy atom. The van der Waals surface area contributed by atoms with Crippen LogP contribution < -0.4 is 10.6 Å². The summed E-state index contributed by atoms with van der Waals surface area (Å²) in [5.74, 6) is -0.109. The number of carbonyl (C=O) groups is 2. The van der Waals surface area contributed by atoms with Crippen molar-refractivity contribution in [2.45, 2.75) is 38.8 Å². The molecule has 1 fully saturated rings. The Morgan fingerprint density at radius 3 is 2.73 bits per heavy atom. The summed E-state index contributed by atoms with van der Waals surface area (Å²) in [6.45, 7) is 5.24. The van der Waals surface area contributed by atoms with Gasteiger partial charge >= 0.3 is 0 Å². The van der Waals surface area contributed by atoms with Gasteiger partial charge in [-0.2, -0.15) is 0 Å². The molecule has 5 nitrogen and oxygen atoms in total. The monoisotopic (exact) mass is 303 g/mol. The predicted molar refractivity (Wildman–Crippen MR) is 88.2 cm³/mol. The largest absolute Gasteiger partial charge is 0.324 e. The Labute approximate surface area is 132 Å². The standard InChI is InChI=1S/C17H25N3O2/c1-12(20-10-6-7-14(11-20)18-3)17(22)19-16-9-5-4-8-15(16)13(2)21/h4-5,8-9,12,14,18H,6-7,10-11H2,1-3H3,(H,19,22). The second-order valence-corrected chi connectivity index (χ2v) is 5.89. The maximum Gasteiger partial charge on any atom is 0.241 e. The van der Waals surface area contributed by atoms with E-state index in [1.54, 1.807) is 18.2 Å². The SMILES string of the molecule is CNC1CCCN(C(C)C(=O)Nc2ccccc2C(C)=O)C1. The van der Waals surface area contributed by atoms with Crippen LogP contribution in [0.4, 0.5) is 5.69 Å². The fourth-order valence-electron chi connectivity index (χ4n) is 2.90. The molecular weight excluding hydrogens is 278 g/mol. The quantitative estimate of drug-likeness (QED) is 0.816. The smallest absolute Gasteiger partial charge is 0.241 e. The van der Waals surface area contributed by atoms with Crippen molar-refractivity contribution < 1.29 is 9.59 Å². The van der Waals surface area contributed by atoms with Crippen LogP contribution in [0.15, 0.2) is 24.3 Å². The number of ketones is 1. The molecule has 22 heavy (non-hydrogen) atoms. The Bertz CT molecular complexity index is 544. The minimum atomic E-state index is -0.212.